The first-order chi connectivity index (χ1) is 9.47. The van der Waals surface area contributed by atoms with Crippen LogP contribution in [0.3, 0.4) is 0 Å². The van der Waals surface area contributed by atoms with Crippen molar-refractivity contribution >= 4 is 33.4 Å². The van der Waals surface area contributed by atoms with Gasteiger partial charge in [0.2, 0.25) is 0 Å². The molecule has 2 aromatic rings. The summed E-state index contributed by atoms with van der Waals surface area (Å²) >= 11 is 4.55. The van der Waals surface area contributed by atoms with E-state index < -0.39 is 4.92 Å². The molecule has 1 N–H and O–H groups in total. The Balaban J connectivity index is 2.21. The maximum absolute atomic E-state index is 11.3. The monoisotopic (exact) mass is 355 g/mol. The fourth-order valence-electron chi connectivity index (χ4n) is 1.58. The predicted octanol–water partition coefficient (Wildman–Crippen LogP) is 3.04. The van der Waals surface area contributed by atoms with E-state index >= 15 is 0 Å². The Bertz CT molecular complexity index is 717. The smallest absolute Gasteiger partial charge is 0.283 e. The van der Waals surface area contributed by atoms with Gasteiger partial charge in [-0.1, -0.05) is 23.9 Å². The van der Waals surface area contributed by atoms with Crippen LogP contribution in [0.2, 0.25) is 0 Å². The van der Waals surface area contributed by atoms with Gasteiger partial charge in [-0.25, -0.2) is 4.98 Å². The van der Waals surface area contributed by atoms with Gasteiger partial charge >= 0.3 is 0 Å². The van der Waals surface area contributed by atoms with Crippen LogP contribution in [0, 0.1) is 17.0 Å². The van der Waals surface area contributed by atoms with Crippen LogP contribution in [0.4, 0.5) is 5.69 Å². The van der Waals surface area contributed by atoms with Crippen LogP contribution in [0.1, 0.15) is 11.3 Å². The first-order valence-corrected chi connectivity index (χ1v) is 7.38. The van der Waals surface area contributed by atoms with E-state index in [1.807, 2.05) is 0 Å². The number of nitro groups is 1. The zero-order valence-electron chi connectivity index (χ0n) is 10.4. The van der Waals surface area contributed by atoms with Gasteiger partial charge in [0.1, 0.15) is 0 Å². The van der Waals surface area contributed by atoms with Crippen molar-refractivity contribution in [2.24, 2.45) is 0 Å². The first kappa shape index (κ1) is 14.7. The van der Waals surface area contributed by atoms with Crippen molar-refractivity contribution in [1.29, 1.82) is 0 Å². The van der Waals surface area contributed by atoms with Crippen molar-refractivity contribution in [1.82, 2.24) is 9.97 Å². The van der Waals surface area contributed by atoms with Crippen LogP contribution < -0.4 is 5.56 Å². The van der Waals surface area contributed by atoms with E-state index in [-0.39, 0.29) is 11.2 Å². The summed E-state index contributed by atoms with van der Waals surface area (Å²) in [5, 5.41) is 11.3. The molecular weight excluding hydrogens is 346 g/mol. The van der Waals surface area contributed by atoms with Crippen molar-refractivity contribution in [2.45, 2.75) is 17.8 Å². The topological polar surface area (TPSA) is 88.9 Å². The molecule has 1 aromatic carbocycles. The third-order valence-corrected chi connectivity index (χ3v) is 4.31. The molecule has 0 spiro atoms. The Morgan fingerprint density at radius 3 is 2.90 bits per heavy atom. The second kappa shape index (κ2) is 6.19. The first-order valence-electron chi connectivity index (χ1n) is 5.60. The van der Waals surface area contributed by atoms with E-state index in [0.29, 0.717) is 21.1 Å². The third-order valence-electron chi connectivity index (χ3n) is 2.47. The molecular formula is C12H10BrN3O3S. The molecule has 1 heterocycles. The molecule has 0 saturated carbocycles. The number of hydrogen-bond donors (Lipinski definition) is 1. The lowest BCUT2D eigenvalue weighted by Crippen LogP contribution is -2.08. The summed E-state index contributed by atoms with van der Waals surface area (Å²) in [5.74, 6) is 0.467. The number of nitro benzene ring substituents is 1. The molecule has 0 amide bonds. The number of rotatable bonds is 4. The largest absolute Gasteiger partial charge is 0.301 e. The number of nitrogens with one attached hydrogen (secondary N) is 1. The van der Waals surface area contributed by atoms with Gasteiger partial charge in [0.15, 0.2) is 5.16 Å². The van der Waals surface area contributed by atoms with E-state index in [9.17, 15) is 14.9 Å². The number of aryl methyl sites for hydroxylation is 1. The number of benzene rings is 1. The number of halogens is 1. The van der Waals surface area contributed by atoms with Crippen LogP contribution in [-0.2, 0) is 5.75 Å². The highest BCUT2D eigenvalue weighted by Crippen LogP contribution is 2.31. The summed E-state index contributed by atoms with van der Waals surface area (Å²) in [7, 11) is 0. The number of thioether (sulfide) groups is 1. The Kier molecular flexibility index (Phi) is 4.56. The second-order valence-electron chi connectivity index (χ2n) is 3.99. The van der Waals surface area contributed by atoms with Crippen LogP contribution in [0.5, 0.6) is 0 Å². The van der Waals surface area contributed by atoms with Gasteiger partial charge in [-0.05, 0) is 28.4 Å². The summed E-state index contributed by atoms with van der Waals surface area (Å²) in [5.41, 5.74) is 1.22. The molecule has 6 nitrogen and oxygen atoms in total. The van der Waals surface area contributed by atoms with E-state index in [1.165, 1.54) is 23.9 Å². The van der Waals surface area contributed by atoms with Crippen molar-refractivity contribution in [3.63, 3.8) is 0 Å². The summed E-state index contributed by atoms with van der Waals surface area (Å²) in [4.78, 5) is 28.5. The Morgan fingerprint density at radius 2 is 2.25 bits per heavy atom. The Morgan fingerprint density at radius 1 is 1.50 bits per heavy atom. The minimum Gasteiger partial charge on any atom is -0.301 e. The van der Waals surface area contributed by atoms with Gasteiger partial charge in [-0.2, -0.15) is 0 Å². The molecule has 104 valence electrons. The number of aromatic amines is 1. The standard InChI is InChI=1S/C12H10BrN3O3S/c1-7-5-10(17)15-12(14-7)20-6-8-3-2-4-9(11(8)13)16(18)19/h2-5H,6H2,1H3,(H,14,15,17). The summed E-state index contributed by atoms with van der Waals surface area (Å²) in [6.45, 7) is 1.74. The average molecular weight is 356 g/mol. The molecule has 1 aromatic heterocycles. The Hall–Kier alpha value is -1.67. The zero-order chi connectivity index (χ0) is 14.7. The van der Waals surface area contributed by atoms with Crippen molar-refractivity contribution < 1.29 is 4.92 Å². The quantitative estimate of drug-likeness (QED) is 0.394. The molecule has 0 atom stereocenters. The van der Waals surface area contributed by atoms with Crippen molar-refractivity contribution in [2.75, 3.05) is 0 Å². The predicted molar refractivity (Wildman–Crippen MR) is 80.0 cm³/mol. The lowest BCUT2D eigenvalue weighted by atomic mass is 10.2. The summed E-state index contributed by atoms with van der Waals surface area (Å²) < 4.78 is 0.451. The summed E-state index contributed by atoms with van der Waals surface area (Å²) in [6, 6.07) is 6.27. The lowest BCUT2D eigenvalue weighted by Gasteiger charge is -2.05. The highest BCUT2D eigenvalue weighted by Gasteiger charge is 2.15. The highest BCUT2D eigenvalue weighted by atomic mass is 79.9. The van der Waals surface area contributed by atoms with Gasteiger partial charge in [-0.3, -0.25) is 14.9 Å². The molecule has 0 radical (unpaired) electrons. The van der Waals surface area contributed by atoms with Gasteiger partial charge < -0.3 is 4.98 Å². The number of aromatic nitrogens is 2. The highest BCUT2D eigenvalue weighted by molar-refractivity contribution is 9.10. The fourth-order valence-corrected chi connectivity index (χ4v) is 3.23. The molecule has 0 aliphatic heterocycles. The molecule has 0 aliphatic rings. The van der Waals surface area contributed by atoms with Gasteiger partial charge in [-0.15, -0.1) is 0 Å². The third kappa shape index (κ3) is 3.45. The number of H-pyrrole nitrogens is 1. The molecule has 0 fully saturated rings. The van der Waals surface area contributed by atoms with Gasteiger partial charge in [0.05, 0.1) is 9.40 Å². The maximum atomic E-state index is 11.3. The van der Waals surface area contributed by atoms with Crippen molar-refractivity contribution in [3.05, 3.63) is 60.5 Å². The lowest BCUT2D eigenvalue weighted by molar-refractivity contribution is -0.385. The molecule has 2 rings (SSSR count). The normalized spacial score (nSPS) is 10.5. The minimum absolute atomic E-state index is 0.0220. The molecule has 0 aliphatic carbocycles. The molecule has 0 unspecified atom stereocenters. The minimum atomic E-state index is -0.439. The molecule has 0 saturated heterocycles. The number of nitrogens with zero attached hydrogens (tertiary/aromatic N) is 2. The summed E-state index contributed by atoms with van der Waals surface area (Å²) in [6.07, 6.45) is 0. The fraction of sp³-hybridized carbons (Fsp3) is 0.167. The van der Waals surface area contributed by atoms with Gasteiger partial charge in [0, 0.05) is 23.6 Å². The van der Waals surface area contributed by atoms with E-state index in [4.69, 9.17) is 0 Å². The van der Waals surface area contributed by atoms with E-state index in [2.05, 4.69) is 25.9 Å². The van der Waals surface area contributed by atoms with Gasteiger partial charge in [0.25, 0.3) is 11.2 Å². The SMILES string of the molecule is Cc1cc(=O)[nH]c(SCc2cccc([N+](=O)[O-])c2Br)n1. The second-order valence-corrected chi connectivity index (χ2v) is 5.75. The van der Waals surface area contributed by atoms with Crippen LogP contribution in [0.15, 0.2) is 38.7 Å². The zero-order valence-corrected chi connectivity index (χ0v) is 12.8. The van der Waals surface area contributed by atoms with Crippen LogP contribution in [0.25, 0.3) is 0 Å². The average Bonchev–Trinajstić information content (AvgIpc) is 2.36. The molecule has 8 heteroatoms. The van der Waals surface area contributed by atoms with Crippen LogP contribution >= 0.6 is 27.7 Å². The van der Waals surface area contributed by atoms with Crippen LogP contribution in [-0.4, -0.2) is 14.9 Å². The van der Waals surface area contributed by atoms with E-state index in [0.717, 1.165) is 5.56 Å². The van der Waals surface area contributed by atoms with Crippen molar-refractivity contribution in [3.8, 4) is 0 Å². The number of hydrogen-bond acceptors (Lipinski definition) is 5. The molecule has 20 heavy (non-hydrogen) atoms. The Labute approximate surface area is 126 Å². The molecule has 0 bridgehead atoms. The maximum Gasteiger partial charge on any atom is 0.283 e. The van der Waals surface area contributed by atoms with E-state index in [1.54, 1.807) is 19.1 Å².